The molecule has 0 aromatic rings. The molecule has 1 rings (SSSR count). The summed E-state index contributed by atoms with van der Waals surface area (Å²) in [6, 6.07) is 0. The maximum atomic E-state index is 4.74. The van der Waals surface area contributed by atoms with Crippen LogP contribution in [0.2, 0.25) is 0 Å². The topological polar surface area (TPSA) is 24.7 Å². The molecule has 0 aromatic heterocycles. The number of hydrogen-bond acceptors (Lipinski definition) is 2. The summed E-state index contributed by atoms with van der Waals surface area (Å²) in [5.74, 6) is 0. The minimum atomic E-state index is 0. The summed E-state index contributed by atoms with van der Waals surface area (Å²) in [6.45, 7) is 17.9. The zero-order valence-corrected chi connectivity index (χ0v) is 29.8. The van der Waals surface area contributed by atoms with E-state index in [1.807, 2.05) is 14.1 Å². The quantitative estimate of drug-likeness (QED) is 0.109. The smallest absolute Gasteiger partial charge is 0.0903 e. The molecular weight excluding hydrogens is 533 g/mol. The Morgan fingerprint density at radius 3 is 1.15 bits per heavy atom. The first-order valence-corrected chi connectivity index (χ1v) is 14.3. The fraction of sp³-hybridized carbons (Fsp3) is 0.588. The van der Waals surface area contributed by atoms with Crippen molar-refractivity contribution in [2.24, 2.45) is 9.98 Å². The highest BCUT2D eigenvalue weighted by atomic mass is 32.1. The van der Waals surface area contributed by atoms with Gasteiger partial charge in [-0.2, -0.15) is 40.5 Å². The fourth-order valence-corrected chi connectivity index (χ4v) is 4.76. The van der Waals surface area contributed by atoms with Gasteiger partial charge in [0.2, 0.25) is 0 Å². The number of allylic oxidation sites excluding steroid dienone is 12. The molecular formula is C34H60N2S3. The molecule has 224 valence electrons. The van der Waals surface area contributed by atoms with Crippen LogP contribution in [0, 0.1) is 0 Å². The molecule has 0 heterocycles. The van der Waals surface area contributed by atoms with Gasteiger partial charge in [0.1, 0.15) is 0 Å². The lowest BCUT2D eigenvalue weighted by molar-refractivity contribution is 0.666. The number of aliphatic imine (C=N–C) groups is 2. The van der Waals surface area contributed by atoms with Gasteiger partial charge in [-0.15, -0.1) is 0 Å². The van der Waals surface area contributed by atoms with Crippen LogP contribution >= 0.6 is 40.5 Å². The summed E-state index contributed by atoms with van der Waals surface area (Å²) in [5.41, 5.74) is 12.6. The van der Waals surface area contributed by atoms with Gasteiger partial charge in [-0.05, 0) is 89.5 Å². The van der Waals surface area contributed by atoms with Crippen LogP contribution in [0.1, 0.15) is 120 Å². The number of unbranched alkanes of at least 4 members (excludes halogenated alkanes) is 6. The van der Waals surface area contributed by atoms with E-state index in [0.717, 1.165) is 24.3 Å². The van der Waals surface area contributed by atoms with E-state index in [1.54, 1.807) is 0 Å². The summed E-state index contributed by atoms with van der Waals surface area (Å²) < 4.78 is 0. The second-order valence-corrected chi connectivity index (χ2v) is 10.6. The Morgan fingerprint density at radius 1 is 0.564 bits per heavy atom. The second-order valence-electron chi connectivity index (χ2n) is 10.6. The van der Waals surface area contributed by atoms with E-state index >= 15 is 0 Å². The Balaban J connectivity index is -0.00000432. The minimum absolute atomic E-state index is 0. The van der Waals surface area contributed by atoms with Crippen LogP contribution in [0.15, 0.2) is 78.9 Å². The van der Waals surface area contributed by atoms with Crippen LogP contribution < -0.4 is 0 Å². The average molecular weight is 593 g/mol. The van der Waals surface area contributed by atoms with E-state index in [2.05, 4.69) is 79.7 Å². The normalized spacial score (nSPS) is 15.5. The molecule has 39 heavy (non-hydrogen) atoms. The number of hydrogen-bond donors (Lipinski definition) is 0. The van der Waals surface area contributed by atoms with E-state index in [4.69, 9.17) is 9.98 Å². The van der Waals surface area contributed by atoms with Crippen molar-refractivity contribution in [1.29, 1.82) is 0 Å². The van der Waals surface area contributed by atoms with Gasteiger partial charge in [-0.1, -0.05) is 87.8 Å². The molecule has 0 aliphatic heterocycles. The van der Waals surface area contributed by atoms with Crippen molar-refractivity contribution < 1.29 is 0 Å². The van der Waals surface area contributed by atoms with E-state index in [1.165, 1.54) is 96.0 Å². The molecule has 0 unspecified atom stereocenters. The van der Waals surface area contributed by atoms with Crippen molar-refractivity contribution in [2.45, 2.75) is 120 Å². The highest BCUT2D eigenvalue weighted by molar-refractivity contribution is 7.59. The Bertz CT molecular complexity index is 898. The summed E-state index contributed by atoms with van der Waals surface area (Å²) >= 11 is 0. The molecule has 0 saturated carbocycles. The van der Waals surface area contributed by atoms with E-state index in [0.29, 0.717) is 0 Å². The number of rotatable bonds is 14. The molecule has 5 heteroatoms. The number of nitrogens with zero attached hydrogens (tertiary/aromatic N) is 2. The van der Waals surface area contributed by atoms with Crippen molar-refractivity contribution in [1.82, 2.24) is 0 Å². The Hall–Kier alpha value is -1.17. The SMILES string of the molecule is CCCCCCC(/C=C(\C)C1=CC=C(/C(C)=C/C(CCCCCC)=C(C)C)C(=NC)C1=NC)=C(C)C.S.S.S. The maximum Gasteiger partial charge on any atom is 0.0903 e. The Kier molecular flexibility index (Phi) is 25.5. The van der Waals surface area contributed by atoms with Gasteiger partial charge in [0.05, 0.1) is 11.4 Å². The summed E-state index contributed by atoms with van der Waals surface area (Å²) in [5, 5.41) is 0. The van der Waals surface area contributed by atoms with Gasteiger partial charge >= 0.3 is 0 Å². The summed E-state index contributed by atoms with van der Waals surface area (Å²) in [4.78, 5) is 9.48. The molecule has 2 nitrogen and oxygen atoms in total. The van der Waals surface area contributed by atoms with Crippen molar-refractivity contribution in [3.8, 4) is 0 Å². The lowest BCUT2D eigenvalue weighted by Crippen LogP contribution is -2.23. The van der Waals surface area contributed by atoms with E-state index in [9.17, 15) is 0 Å². The molecule has 0 bridgehead atoms. The van der Waals surface area contributed by atoms with Gasteiger partial charge in [0.25, 0.3) is 0 Å². The zero-order chi connectivity index (χ0) is 27.1. The maximum absolute atomic E-state index is 4.74. The summed E-state index contributed by atoms with van der Waals surface area (Å²) in [7, 11) is 3.79. The Labute approximate surface area is 263 Å². The minimum Gasteiger partial charge on any atom is -0.286 e. The van der Waals surface area contributed by atoms with Crippen molar-refractivity contribution in [3.63, 3.8) is 0 Å². The van der Waals surface area contributed by atoms with Gasteiger partial charge in [-0.25, -0.2) is 0 Å². The molecule has 0 atom stereocenters. The molecule has 1 aliphatic rings. The third-order valence-corrected chi connectivity index (χ3v) is 7.11. The van der Waals surface area contributed by atoms with Crippen molar-refractivity contribution >= 4 is 51.9 Å². The van der Waals surface area contributed by atoms with Crippen LogP contribution in [-0.4, -0.2) is 25.5 Å². The molecule has 0 N–H and O–H groups in total. The molecule has 1 aliphatic carbocycles. The third-order valence-electron chi connectivity index (χ3n) is 7.11. The molecule has 0 fully saturated rings. The first kappa shape index (κ1) is 42.3. The lowest BCUT2D eigenvalue weighted by Gasteiger charge is -2.21. The van der Waals surface area contributed by atoms with Crippen LogP contribution in [0.5, 0.6) is 0 Å². The predicted octanol–water partition coefficient (Wildman–Crippen LogP) is 10.8. The highest BCUT2D eigenvalue weighted by Crippen LogP contribution is 2.28. The molecule has 0 aromatic carbocycles. The first-order valence-electron chi connectivity index (χ1n) is 14.3. The zero-order valence-electron chi connectivity index (χ0n) is 26.8. The van der Waals surface area contributed by atoms with Crippen LogP contribution in [0.3, 0.4) is 0 Å². The lowest BCUT2D eigenvalue weighted by atomic mass is 9.85. The van der Waals surface area contributed by atoms with Gasteiger partial charge in [0, 0.05) is 25.2 Å². The molecule has 0 radical (unpaired) electrons. The van der Waals surface area contributed by atoms with Gasteiger partial charge in [-0.3, -0.25) is 9.98 Å². The van der Waals surface area contributed by atoms with Crippen molar-refractivity contribution in [2.75, 3.05) is 14.1 Å². The van der Waals surface area contributed by atoms with E-state index in [-0.39, 0.29) is 40.5 Å². The summed E-state index contributed by atoms with van der Waals surface area (Å²) in [6.07, 6.45) is 21.9. The standard InChI is InChI=1S/C34H54N2.3H2S/c1-11-13-15-17-19-29(25(3)4)23-27(7)31-21-22-32(34(36-10)33(31)35-9)28(8)24-30(26(5)6)20-18-16-14-12-2;;;/h21-24H,11-20H2,1-10H3;3*1H2/b27-23+,28-24+,35-33?,36-34?;;;. The molecule has 0 saturated heterocycles. The predicted molar refractivity (Wildman–Crippen MR) is 196 cm³/mol. The fourth-order valence-electron chi connectivity index (χ4n) is 4.76. The molecule has 0 spiro atoms. The highest BCUT2D eigenvalue weighted by Gasteiger charge is 2.23. The first-order chi connectivity index (χ1) is 17.2. The average Bonchev–Trinajstić information content (AvgIpc) is 2.85. The van der Waals surface area contributed by atoms with E-state index < -0.39 is 0 Å². The van der Waals surface area contributed by atoms with Crippen LogP contribution in [0.25, 0.3) is 0 Å². The Morgan fingerprint density at radius 2 is 0.897 bits per heavy atom. The van der Waals surface area contributed by atoms with Crippen LogP contribution in [-0.2, 0) is 0 Å². The second kappa shape index (κ2) is 23.5. The van der Waals surface area contributed by atoms with Gasteiger partial charge < -0.3 is 0 Å². The van der Waals surface area contributed by atoms with Gasteiger partial charge in [0.15, 0.2) is 0 Å². The van der Waals surface area contributed by atoms with Crippen molar-refractivity contribution in [3.05, 3.63) is 68.9 Å². The third kappa shape index (κ3) is 14.3. The molecule has 0 amide bonds. The van der Waals surface area contributed by atoms with Crippen LogP contribution in [0.4, 0.5) is 0 Å². The largest absolute Gasteiger partial charge is 0.286 e. The monoisotopic (exact) mass is 592 g/mol.